The van der Waals surface area contributed by atoms with Crippen molar-refractivity contribution in [3.8, 4) is 5.75 Å². The molecule has 1 aliphatic heterocycles. The molecule has 8 heteroatoms. The highest BCUT2D eigenvalue weighted by Crippen LogP contribution is 2.17. The Labute approximate surface area is 143 Å². The summed E-state index contributed by atoms with van der Waals surface area (Å²) in [5, 5.41) is 10.2. The molecule has 0 bridgehead atoms. The molecule has 0 radical (unpaired) electrons. The third-order valence-corrected chi connectivity index (χ3v) is 3.76. The summed E-state index contributed by atoms with van der Waals surface area (Å²) in [4.78, 5) is 12.0. The number of halogens is 2. The van der Waals surface area contributed by atoms with Gasteiger partial charge in [-0.1, -0.05) is 11.6 Å². The molecule has 2 aromatic carbocycles. The first-order chi connectivity index (χ1) is 11.5. The van der Waals surface area contributed by atoms with Crippen molar-refractivity contribution in [2.75, 3.05) is 13.2 Å². The molecule has 0 aromatic heterocycles. The van der Waals surface area contributed by atoms with Crippen molar-refractivity contribution >= 4 is 30.2 Å². The SMILES string of the molecule is O=C(OCCOc1ccc(Cl)cc1)c1cc2c(cc1F)COB2O. The minimum Gasteiger partial charge on any atom is -0.490 e. The first-order valence-electron chi connectivity index (χ1n) is 7.22. The van der Waals surface area contributed by atoms with Crippen molar-refractivity contribution in [3.63, 3.8) is 0 Å². The summed E-state index contributed by atoms with van der Waals surface area (Å²) in [5.41, 5.74) is 0.646. The summed E-state index contributed by atoms with van der Waals surface area (Å²) in [6.45, 7) is 0.181. The number of carbonyl (C=O) groups excluding carboxylic acids is 1. The fourth-order valence-electron chi connectivity index (χ4n) is 2.30. The quantitative estimate of drug-likeness (QED) is 0.507. The molecule has 0 atom stereocenters. The van der Waals surface area contributed by atoms with Gasteiger partial charge in [-0.25, -0.2) is 9.18 Å². The van der Waals surface area contributed by atoms with E-state index in [1.165, 1.54) is 12.1 Å². The second kappa shape index (κ2) is 7.21. The minimum atomic E-state index is -1.15. The fraction of sp³-hybridized carbons (Fsp3) is 0.188. The van der Waals surface area contributed by atoms with Gasteiger partial charge in [0, 0.05) is 5.02 Å². The molecule has 0 amide bonds. The molecule has 0 fully saturated rings. The highest BCUT2D eigenvalue weighted by Gasteiger charge is 2.30. The van der Waals surface area contributed by atoms with E-state index in [2.05, 4.69) is 0 Å². The molecule has 3 rings (SSSR count). The van der Waals surface area contributed by atoms with Gasteiger partial charge in [0.2, 0.25) is 0 Å². The maximum Gasteiger partial charge on any atom is 0.491 e. The van der Waals surface area contributed by atoms with Crippen molar-refractivity contribution in [1.82, 2.24) is 0 Å². The van der Waals surface area contributed by atoms with Gasteiger partial charge in [0.15, 0.2) is 0 Å². The van der Waals surface area contributed by atoms with E-state index in [1.54, 1.807) is 24.3 Å². The van der Waals surface area contributed by atoms with Gasteiger partial charge in [-0.2, -0.15) is 0 Å². The Kier molecular flexibility index (Phi) is 5.04. The van der Waals surface area contributed by atoms with Crippen LogP contribution in [0.25, 0.3) is 0 Å². The van der Waals surface area contributed by atoms with Gasteiger partial charge in [0.1, 0.15) is 24.8 Å². The lowest BCUT2D eigenvalue weighted by Gasteiger charge is -2.09. The second-order valence-corrected chi connectivity index (χ2v) is 5.57. The molecule has 24 heavy (non-hydrogen) atoms. The van der Waals surface area contributed by atoms with Crippen LogP contribution in [0.5, 0.6) is 5.75 Å². The number of hydrogen-bond acceptors (Lipinski definition) is 5. The normalized spacial score (nSPS) is 12.9. The Bertz CT molecular complexity index is 753. The first kappa shape index (κ1) is 16.8. The van der Waals surface area contributed by atoms with Crippen LogP contribution < -0.4 is 10.2 Å². The minimum absolute atomic E-state index is 0.0446. The molecule has 1 N–H and O–H groups in total. The molecular formula is C16H13BClFO5. The summed E-state index contributed by atoms with van der Waals surface area (Å²) >= 11 is 5.76. The Morgan fingerprint density at radius 3 is 2.79 bits per heavy atom. The molecule has 5 nitrogen and oxygen atoms in total. The van der Waals surface area contributed by atoms with E-state index in [4.69, 9.17) is 25.7 Å². The maximum atomic E-state index is 14.0. The van der Waals surface area contributed by atoms with Gasteiger partial charge in [0.05, 0.1) is 12.2 Å². The van der Waals surface area contributed by atoms with Crippen LogP contribution in [0.15, 0.2) is 36.4 Å². The molecule has 0 unspecified atom stereocenters. The Morgan fingerprint density at radius 1 is 1.29 bits per heavy atom. The van der Waals surface area contributed by atoms with Crippen LogP contribution in [-0.2, 0) is 16.0 Å². The second-order valence-electron chi connectivity index (χ2n) is 5.13. The largest absolute Gasteiger partial charge is 0.491 e. The molecule has 0 saturated carbocycles. The Hall–Kier alpha value is -2.09. The zero-order valence-electron chi connectivity index (χ0n) is 12.5. The van der Waals surface area contributed by atoms with Gasteiger partial charge in [-0.3, -0.25) is 0 Å². The van der Waals surface area contributed by atoms with E-state index in [-0.39, 0.29) is 25.4 Å². The van der Waals surface area contributed by atoms with Gasteiger partial charge >= 0.3 is 13.1 Å². The van der Waals surface area contributed by atoms with Crippen molar-refractivity contribution in [3.05, 3.63) is 58.4 Å². The van der Waals surface area contributed by atoms with Crippen LogP contribution in [0.2, 0.25) is 5.02 Å². The monoisotopic (exact) mass is 350 g/mol. The topological polar surface area (TPSA) is 65.0 Å². The van der Waals surface area contributed by atoms with Crippen LogP contribution in [-0.4, -0.2) is 31.3 Å². The van der Waals surface area contributed by atoms with Crippen LogP contribution in [0, 0.1) is 5.82 Å². The van der Waals surface area contributed by atoms with Gasteiger partial charge in [-0.05, 0) is 47.4 Å². The van der Waals surface area contributed by atoms with Crippen molar-refractivity contribution in [2.45, 2.75) is 6.61 Å². The molecule has 1 heterocycles. The maximum absolute atomic E-state index is 14.0. The number of fused-ring (bicyclic) bond motifs is 1. The standard InChI is InChI=1S/C16H13BClFO5/c18-11-1-3-12(4-2-11)22-5-6-23-16(20)13-8-14-10(7-15(13)19)9-24-17(14)21/h1-4,7-8,21H,5-6,9H2. The summed E-state index contributed by atoms with van der Waals surface area (Å²) in [5.74, 6) is -0.955. The van der Waals surface area contributed by atoms with Crippen molar-refractivity contribution in [1.29, 1.82) is 0 Å². The summed E-state index contributed by atoms with van der Waals surface area (Å²) in [7, 11) is -1.15. The predicted octanol–water partition coefficient (Wildman–Crippen LogP) is 1.93. The third-order valence-electron chi connectivity index (χ3n) is 3.51. The molecule has 0 spiro atoms. The fourth-order valence-corrected chi connectivity index (χ4v) is 2.43. The van der Waals surface area contributed by atoms with Crippen molar-refractivity contribution in [2.24, 2.45) is 0 Å². The van der Waals surface area contributed by atoms with Gasteiger partial charge in [-0.15, -0.1) is 0 Å². The number of hydrogen-bond donors (Lipinski definition) is 1. The smallest absolute Gasteiger partial charge is 0.490 e. The summed E-state index contributed by atoms with van der Waals surface area (Å²) in [6.07, 6.45) is 0. The average molecular weight is 351 g/mol. The van der Waals surface area contributed by atoms with E-state index in [0.29, 0.717) is 21.8 Å². The van der Waals surface area contributed by atoms with Crippen LogP contribution in [0.4, 0.5) is 4.39 Å². The van der Waals surface area contributed by atoms with Gasteiger partial charge < -0.3 is 19.2 Å². The Balaban J connectivity index is 1.55. The van der Waals surface area contributed by atoms with Gasteiger partial charge in [0.25, 0.3) is 0 Å². The van der Waals surface area contributed by atoms with Crippen LogP contribution >= 0.6 is 11.6 Å². The van der Waals surface area contributed by atoms with E-state index in [9.17, 15) is 14.2 Å². The first-order valence-corrected chi connectivity index (χ1v) is 7.60. The Morgan fingerprint density at radius 2 is 2.04 bits per heavy atom. The number of rotatable bonds is 5. The molecule has 2 aromatic rings. The lowest BCUT2D eigenvalue weighted by molar-refractivity contribution is 0.0445. The average Bonchev–Trinajstić information content (AvgIpc) is 2.92. The molecule has 124 valence electrons. The molecule has 1 aliphatic rings. The van der Waals surface area contributed by atoms with Crippen molar-refractivity contribution < 1.29 is 28.3 Å². The molecule has 0 saturated heterocycles. The highest BCUT2D eigenvalue weighted by atomic mass is 35.5. The summed E-state index contributed by atoms with van der Waals surface area (Å²) in [6, 6.07) is 9.15. The zero-order valence-corrected chi connectivity index (χ0v) is 13.3. The lowest BCUT2D eigenvalue weighted by Crippen LogP contribution is -2.29. The van der Waals surface area contributed by atoms with E-state index in [1.807, 2.05) is 0 Å². The van der Waals surface area contributed by atoms with E-state index in [0.717, 1.165) is 0 Å². The lowest BCUT2D eigenvalue weighted by atomic mass is 9.78. The number of ether oxygens (including phenoxy) is 2. The van der Waals surface area contributed by atoms with Crippen LogP contribution in [0.1, 0.15) is 15.9 Å². The third kappa shape index (κ3) is 3.69. The predicted molar refractivity (Wildman–Crippen MR) is 86.0 cm³/mol. The number of benzene rings is 2. The number of carbonyl (C=O) groups is 1. The zero-order chi connectivity index (χ0) is 17.1. The highest BCUT2D eigenvalue weighted by molar-refractivity contribution is 6.61. The molecule has 0 aliphatic carbocycles. The van der Waals surface area contributed by atoms with E-state index >= 15 is 0 Å². The van der Waals surface area contributed by atoms with Crippen LogP contribution in [0.3, 0.4) is 0 Å². The number of esters is 1. The van der Waals surface area contributed by atoms with E-state index < -0.39 is 18.9 Å². The summed E-state index contributed by atoms with van der Waals surface area (Å²) < 4.78 is 29.3. The molecular weight excluding hydrogens is 337 g/mol.